The van der Waals surface area contributed by atoms with Gasteiger partial charge in [-0.1, -0.05) is 6.92 Å². The third-order valence-corrected chi connectivity index (χ3v) is 2.69. The van der Waals surface area contributed by atoms with E-state index in [2.05, 4.69) is 5.48 Å². The molecule has 1 heterocycles. The van der Waals surface area contributed by atoms with Gasteiger partial charge in [-0.05, 0) is 18.6 Å². The summed E-state index contributed by atoms with van der Waals surface area (Å²) >= 11 is 0. The fourth-order valence-corrected chi connectivity index (χ4v) is 1.94. The standard InChI is InChI=1S/C11H13F2NO2/c1-3-8-10(14-15-2)9-6(12)4-5-7(13)11(9)16-8/h4-5,8,10,14H,3H2,1-2H3. The van der Waals surface area contributed by atoms with Gasteiger partial charge in [-0.2, -0.15) is 5.48 Å². The summed E-state index contributed by atoms with van der Waals surface area (Å²) in [4.78, 5) is 4.79. The number of fused-ring (bicyclic) bond motifs is 1. The molecule has 1 aliphatic heterocycles. The third-order valence-electron chi connectivity index (χ3n) is 2.69. The van der Waals surface area contributed by atoms with Gasteiger partial charge in [-0.3, -0.25) is 0 Å². The molecule has 0 spiro atoms. The van der Waals surface area contributed by atoms with Crippen molar-refractivity contribution in [2.45, 2.75) is 25.5 Å². The molecule has 0 radical (unpaired) electrons. The van der Waals surface area contributed by atoms with Crippen LogP contribution in [0.15, 0.2) is 12.1 Å². The maximum Gasteiger partial charge on any atom is 0.165 e. The predicted octanol–water partition coefficient (Wildman–Crippen LogP) is 2.33. The topological polar surface area (TPSA) is 30.5 Å². The second-order valence-electron chi connectivity index (χ2n) is 3.64. The minimum atomic E-state index is -0.546. The summed E-state index contributed by atoms with van der Waals surface area (Å²) in [7, 11) is 1.43. The number of hydrogen-bond acceptors (Lipinski definition) is 3. The molecule has 2 atom stereocenters. The number of rotatable bonds is 3. The highest BCUT2D eigenvalue weighted by Crippen LogP contribution is 2.41. The van der Waals surface area contributed by atoms with Crippen molar-refractivity contribution < 1.29 is 18.4 Å². The van der Waals surface area contributed by atoms with Gasteiger partial charge in [0.1, 0.15) is 18.0 Å². The number of benzene rings is 1. The van der Waals surface area contributed by atoms with E-state index in [9.17, 15) is 8.78 Å². The van der Waals surface area contributed by atoms with E-state index in [0.717, 1.165) is 12.1 Å². The van der Waals surface area contributed by atoms with E-state index < -0.39 is 17.7 Å². The van der Waals surface area contributed by atoms with E-state index in [-0.39, 0.29) is 17.4 Å². The molecule has 0 bridgehead atoms. The number of hydrogen-bond donors (Lipinski definition) is 1. The predicted molar refractivity (Wildman–Crippen MR) is 54.0 cm³/mol. The van der Waals surface area contributed by atoms with Crippen molar-refractivity contribution in [2.75, 3.05) is 7.11 Å². The van der Waals surface area contributed by atoms with E-state index in [4.69, 9.17) is 9.57 Å². The maximum absolute atomic E-state index is 13.6. The Morgan fingerprint density at radius 3 is 2.69 bits per heavy atom. The van der Waals surface area contributed by atoms with Crippen LogP contribution in [0.2, 0.25) is 0 Å². The fourth-order valence-electron chi connectivity index (χ4n) is 1.94. The summed E-state index contributed by atoms with van der Waals surface area (Å²) in [5.41, 5.74) is 2.84. The van der Waals surface area contributed by atoms with Gasteiger partial charge in [0.05, 0.1) is 12.7 Å². The van der Waals surface area contributed by atoms with Gasteiger partial charge in [0.25, 0.3) is 0 Å². The second-order valence-corrected chi connectivity index (χ2v) is 3.64. The molecule has 16 heavy (non-hydrogen) atoms. The Kier molecular flexibility index (Phi) is 3.07. The number of ether oxygens (including phenoxy) is 1. The first-order valence-corrected chi connectivity index (χ1v) is 5.12. The molecule has 0 amide bonds. The molecule has 1 aromatic carbocycles. The van der Waals surface area contributed by atoms with Crippen LogP contribution in [0.4, 0.5) is 8.78 Å². The molecule has 88 valence electrons. The average molecular weight is 229 g/mol. The minimum absolute atomic E-state index is 0.0126. The fraction of sp³-hybridized carbons (Fsp3) is 0.455. The lowest BCUT2D eigenvalue weighted by Gasteiger charge is -2.17. The van der Waals surface area contributed by atoms with Crippen LogP contribution in [0, 0.1) is 11.6 Å². The SMILES string of the molecule is CCC1Oc2c(F)ccc(F)c2C1NOC. The normalized spacial score (nSPS) is 23.0. The summed E-state index contributed by atoms with van der Waals surface area (Å²) in [5, 5.41) is 0. The third kappa shape index (κ3) is 1.66. The highest BCUT2D eigenvalue weighted by atomic mass is 19.1. The molecular weight excluding hydrogens is 216 g/mol. The van der Waals surface area contributed by atoms with E-state index in [0.29, 0.717) is 6.42 Å². The van der Waals surface area contributed by atoms with Crippen LogP contribution in [0.5, 0.6) is 5.75 Å². The molecule has 0 aliphatic carbocycles. The largest absolute Gasteiger partial charge is 0.485 e. The van der Waals surface area contributed by atoms with Crippen molar-refractivity contribution >= 4 is 0 Å². The van der Waals surface area contributed by atoms with E-state index in [1.165, 1.54) is 7.11 Å². The van der Waals surface area contributed by atoms with Gasteiger partial charge in [-0.15, -0.1) is 0 Å². The molecule has 5 heteroatoms. The Bertz CT molecular complexity index is 398. The Balaban J connectivity index is 2.45. The quantitative estimate of drug-likeness (QED) is 0.807. The number of nitrogens with one attached hydrogen (secondary N) is 1. The summed E-state index contributed by atoms with van der Waals surface area (Å²) in [6.07, 6.45) is 0.315. The Hall–Kier alpha value is -1.20. The zero-order valence-electron chi connectivity index (χ0n) is 9.09. The monoisotopic (exact) mass is 229 g/mol. The summed E-state index contributed by atoms with van der Waals surface area (Å²) < 4.78 is 32.4. The number of hydroxylamine groups is 1. The lowest BCUT2D eigenvalue weighted by Crippen LogP contribution is -2.30. The lowest BCUT2D eigenvalue weighted by molar-refractivity contribution is 0.0272. The molecule has 0 aromatic heterocycles. The van der Waals surface area contributed by atoms with Crippen molar-refractivity contribution in [1.29, 1.82) is 0 Å². The first-order valence-electron chi connectivity index (χ1n) is 5.12. The molecular formula is C11H13F2NO2. The first kappa shape index (κ1) is 11.3. The molecule has 2 unspecified atom stereocenters. The molecule has 0 saturated carbocycles. The lowest BCUT2D eigenvalue weighted by atomic mass is 10.0. The van der Waals surface area contributed by atoms with Gasteiger partial charge in [-0.25, -0.2) is 8.78 Å². The van der Waals surface area contributed by atoms with Crippen LogP contribution >= 0.6 is 0 Å². The van der Waals surface area contributed by atoms with Gasteiger partial charge < -0.3 is 9.57 Å². The summed E-state index contributed by atoms with van der Waals surface area (Å²) in [5.74, 6) is -1.04. The van der Waals surface area contributed by atoms with Gasteiger partial charge in [0.2, 0.25) is 0 Å². The highest BCUT2D eigenvalue weighted by molar-refractivity contribution is 5.42. The maximum atomic E-state index is 13.6. The van der Waals surface area contributed by atoms with Crippen LogP contribution in [-0.2, 0) is 4.84 Å². The zero-order chi connectivity index (χ0) is 11.7. The van der Waals surface area contributed by atoms with Crippen LogP contribution < -0.4 is 10.2 Å². The molecule has 0 saturated heterocycles. The van der Waals surface area contributed by atoms with Gasteiger partial charge in [0.15, 0.2) is 11.6 Å². The molecule has 1 aliphatic rings. The van der Waals surface area contributed by atoms with Crippen LogP contribution in [0.1, 0.15) is 24.9 Å². The Labute approximate surface area is 92.3 Å². The molecule has 0 fully saturated rings. The molecule has 3 nitrogen and oxygen atoms in total. The minimum Gasteiger partial charge on any atom is -0.485 e. The van der Waals surface area contributed by atoms with Crippen LogP contribution in [0.3, 0.4) is 0 Å². The smallest absolute Gasteiger partial charge is 0.165 e. The van der Waals surface area contributed by atoms with Gasteiger partial charge >= 0.3 is 0 Å². The van der Waals surface area contributed by atoms with Crippen LogP contribution in [-0.4, -0.2) is 13.2 Å². The highest BCUT2D eigenvalue weighted by Gasteiger charge is 2.37. The average Bonchev–Trinajstić information content (AvgIpc) is 2.64. The van der Waals surface area contributed by atoms with Crippen molar-refractivity contribution in [1.82, 2.24) is 5.48 Å². The van der Waals surface area contributed by atoms with Crippen molar-refractivity contribution in [3.63, 3.8) is 0 Å². The Morgan fingerprint density at radius 1 is 1.38 bits per heavy atom. The van der Waals surface area contributed by atoms with E-state index in [1.807, 2.05) is 6.92 Å². The van der Waals surface area contributed by atoms with Crippen molar-refractivity contribution in [2.24, 2.45) is 0 Å². The summed E-state index contributed by atoms with van der Waals surface area (Å²) in [6.45, 7) is 1.89. The number of halogens is 2. The van der Waals surface area contributed by atoms with E-state index in [1.54, 1.807) is 0 Å². The van der Waals surface area contributed by atoms with Gasteiger partial charge in [0, 0.05) is 0 Å². The Morgan fingerprint density at radius 2 is 2.06 bits per heavy atom. The van der Waals surface area contributed by atoms with Crippen LogP contribution in [0.25, 0.3) is 0 Å². The van der Waals surface area contributed by atoms with Crippen molar-refractivity contribution in [3.05, 3.63) is 29.3 Å². The zero-order valence-corrected chi connectivity index (χ0v) is 9.09. The molecule has 1 N–H and O–H groups in total. The second kappa shape index (κ2) is 4.35. The van der Waals surface area contributed by atoms with E-state index >= 15 is 0 Å². The first-order chi connectivity index (χ1) is 7.69. The molecule has 2 rings (SSSR count). The van der Waals surface area contributed by atoms with Crippen molar-refractivity contribution in [3.8, 4) is 5.75 Å². The summed E-state index contributed by atoms with van der Waals surface area (Å²) in [6, 6.07) is 1.69. The molecule has 1 aromatic rings.